The largest absolute Gasteiger partial charge is 0.384 e. The zero-order valence-electron chi connectivity index (χ0n) is 14.8. The molecule has 1 heterocycles. The van der Waals surface area contributed by atoms with Crippen LogP contribution >= 0.6 is 0 Å². The first kappa shape index (κ1) is 18.0. The topological polar surface area (TPSA) is 45.2 Å². The third-order valence-corrected chi connectivity index (χ3v) is 3.92. The lowest BCUT2D eigenvalue weighted by molar-refractivity contribution is 0.0684. The fraction of sp³-hybridized carbons (Fsp3) is 0.400. The van der Waals surface area contributed by atoms with Gasteiger partial charge in [0.1, 0.15) is 5.69 Å². The van der Waals surface area contributed by atoms with E-state index < -0.39 is 0 Å². The molecule has 1 N–H and O–H groups in total. The highest BCUT2D eigenvalue weighted by molar-refractivity contribution is 5.92. The molecule has 0 atom stereocenters. The zero-order chi connectivity index (χ0) is 17.4. The molecule has 0 aliphatic rings. The van der Waals surface area contributed by atoms with Gasteiger partial charge >= 0.3 is 0 Å². The second-order valence-corrected chi connectivity index (χ2v) is 6.22. The van der Waals surface area contributed by atoms with Gasteiger partial charge in [-0.15, -0.1) is 0 Å². The summed E-state index contributed by atoms with van der Waals surface area (Å²) < 4.78 is 0. The van der Waals surface area contributed by atoms with Crippen LogP contribution in [0, 0.1) is 0 Å². The van der Waals surface area contributed by atoms with E-state index in [0.29, 0.717) is 12.2 Å². The first-order chi connectivity index (χ1) is 11.6. The lowest BCUT2D eigenvalue weighted by Gasteiger charge is -2.26. The molecular weight excluding hydrogens is 298 g/mol. The quantitative estimate of drug-likeness (QED) is 0.734. The van der Waals surface area contributed by atoms with Crippen LogP contribution in [0.2, 0.25) is 0 Å². The Labute approximate surface area is 144 Å². The Balaban J connectivity index is 2.06. The van der Waals surface area contributed by atoms with E-state index >= 15 is 0 Å². The smallest absolute Gasteiger partial charge is 0.272 e. The van der Waals surface area contributed by atoms with Crippen molar-refractivity contribution in [3.8, 4) is 0 Å². The highest BCUT2D eigenvalue weighted by atomic mass is 16.2. The Morgan fingerprint density at radius 3 is 2.50 bits per heavy atom. The van der Waals surface area contributed by atoms with Gasteiger partial charge in [-0.05, 0) is 38.0 Å². The van der Waals surface area contributed by atoms with Crippen LogP contribution in [0.4, 0.5) is 5.69 Å². The number of carbonyl (C=O) groups excluding carboxylic acids is 1. The van der Waals surface area contributed by atoms with Crippen molar-refractivity contribution in [2.45, 2.75) is 46.2 Å². The zero-order valence-corrected chi connectivity index (χ0v) is 14.8. The third kappa shape index (κ3) is 5.08. The molecule has 0 saturated heterocycles. The Bertz CT molecular complexity index is 623. The molecule has 0 radical (unpaired) electrons. The summed E-state index contributed by atoms with van der Waals surface area (Å²) in [5, 5.41) is 3.32. The Morgan fingerprint density at radius 1 is 1.17 bits per heavy atom. The molecule has 0 fully saturated rings. The Hall–Kier alpha value is -2.36. The number of benzene rings is 1. The number of nitrogens with zero attached hydrogens (tertiary/aromatic N) is 2. The normalized spacial score (nSPS) is 10.7. The number of anilines is 1. The van der Waals surface area contributed by atoms with Gasteiger partial charge in [0.25, 0.3) is 5.91 Å². The average molecular weight is 325 g/mol. The summed E-state index contributed by atoms with van der Waals surface area (Å²) >= 11 is 0. The van der Waals surface area contributed by atoms with E-state index in [4.69, 9.17) is 0 Å². The second-order valence-electron chi connectivity index (χ2n) is 6.22. The molecule has 2 aromatic rings. The number of hydrogen-bond acceptors (Lipinski definition) is 3. The van der Waals surface area contributed by atoms with E-state index in [-0.39, 0.29) is 11.9 Å². The molecule has 1 aromatic heterocycles. The molecule has 24 heavy (non-hydrogen) atoms. The lowest BCUT2D eigenvalue weighted by Crippen LogP contribution is -2.36. The molecule has 2 rings (SSSR count). The van der Waals surface area contributed by atoms with Crippen molar-refractivity contribution < 1.29 is 4.79 Å². The number of pyridine rings is 1. The minimum Gasteiger partial charge on any atom is -0.384 e. The van der Waals surface area contributed by atoms with Gasteiger partial charge in [-0.25, -0.2) is 4.98 Å². The molecule has 4 heteroatoms. The van der Waals surface area contributed by atoms with Gasteiger partial charge in [-0.3, -0.25) is 4.79 Å². The number of rotatable bonds is 8. The van der Waals surface area contributed by atoms with E-state index in [1.165, 1.54) is 0 Å². The SMILES string of the molecule is CCCCNc1ccc(C(=O)N(Cc2ccccc2)C(C)C)nc1. The molecule has 4 nitrogen and oxygen atoms in total. The molecule has 1 aromatic carbocycles. The molecule has 0 aliphatic heterocycles. The number of hydrogen-bond donors (Lipinski definition) is 1. The summed E-state index contributed by atoms with van der Waals surface area (Å²) in [7, 11) is 0. The van der Waals surface area contributed by atoms with Crippen molar-refractivity contribution in [2.24, 2.45) is 0 Å². The van der Waals surface area contributed by atoms with Crippen molar-refractivity contribution in [2.75, 3.05) is 11.9 Å². The van der Waals surface area contributed by atoms with Gasteiger partial charge in [0.15, 0.2) is 0 Å². The summed E-state index contributed by atoms with van der Waals surface area (Å²) in [5.41, 5.74) is 2.57. The van der Waals surface area contributed by atoms with Crippen LogP contribution in [0.15, 0.2) is 48.7 Å². The van der Waals surface area contributed by atoms with E-state index in [9.17, 15) is 4.79 Å². The molecule has 0 spiro atoms. The van der Waals surface area contributed by atoms with Gasteiger partial charge in [-0.1, -0.05) is 43.7 Å². The van der Waals surface area contributed by atoms with Gasteiger partial charge in [-0.2, -0.15) is 0 Å². The molecular formula is C20H27N3O. The Morgan fingerprint density at radius 2 is 1.92 bits per heavy atom. The number of nitrogens with one attached hydrogen (secondary N) is 1. The first-order valence-electron chi connectivity index (χ1n) is 8.66. The molecule has 0 saturated carbocycles. The second kappa shape index (κ2) is 9.06. The lowest BCUT2D eigenvalue weighted by atomic mass is 10.1. The number of unbranched alkanes of at least 4 members (excludes halogenated alkanes) is 1. The van der Waals surface area contributed by atoms with Gasteiger partial charge in [0.2, 0.25) is 0 Å². The summed E-state index contributed by atoms with van der Waals surface area (Å²) in [4.78, 5) is 19.0. The number of amides is 1. The molecule has 0 bridgehead atoms. The molecule has 0 unspecified atom stereocenters. The maximum absolute atomic E-state index is 12.8. The molecule has 0 aliphatic carbocycles. The summed E-state index contributed by atoms with van der Waals surface area (Å²) in [6.45, 7) is 7.74. The number of carbonyl (C=O) groups is 1. The van der Waals surface area contributed by atoms with Crippen LogP contribution < -0.4 is 5.32 Å². The minimum absolute atomic E-state index is 0.0334. The Kier molecular flexibility index (Phi) is 6.79. The standard InChI is InChI=1S/C20H27N3O/c1-4-5-13-21-18-11-12-19(22-14-18)20(24)23(16(2)3)15-17-9-7-6-8-10-17/h6-12,14,16,21H,4-5,13,15H2,1-3H3. The van der Waals surface area contributed by atoms with Crippen LogP contribution in [0.25, 0.3) is 0 Å². The van der Waals surface area contributed by atoms with Crippen LogP contribution in [0.1, 0.15) is 49.7 Å². The van der Waals surface area contributed by atoms with Gasteiger partial charge in [0.05, 0.1) is 11.9 Å². The average Bonchev–Trinajstić information content (AvgIpc) is 2.60. The maximum Gasteiger partial charge on any atom is 0.272 e. The van der Waals surface area contributed by atoms with Gasteiger partial charge < -0.3 is 10.2 Å². The van der Waals surface area contributed by atoms with Crippen molar-refractivity contribution >= 4 is 11.6 Å². The van der Waals surface area contributed by atoms with Crippen molar-refractivity contribution in [1.82, 2.24) is 9.88 Å². The van der Waals surface area contributed by atoms with E-state index in [1.807, 2.05) is 55.1 Å². The van der Waals surface area contributed by atoms with Gasteiger partial charge in [0, 0.05) is 19.1 Å². The van der Waals surface area contributed by atoms with E-state index in [1.54, 1.807) is 12.3 Å². The molecule has 128 valence electrons. The summed E-state index contributed by atoms with van der Waals surface area (Å²) in [6, 6.07) is 13.9. The molecule has 1 amide bonds. The fourth-order valence-electron chi connectivity index (χ4n) is 2.45. The maximum atomic E-state index is 12.8. The van der Waals surface area contributed by atoms with Crippen LogP contribution in [0.3, 0.4) is 0 Å². The van der Waals surface area contributed by atoms with E-state index in [0.717, 1.165) is 30.6 Å². The highest BCUT2D eigenvalue weighted by Gasteiger charge is 2.20. The van der Waals surface area contributed by atoms with Crippen LogP contribution in [-0.4, -0.2) is 28.4 Å². The van der Waals surface area contributed by atoms with Crippen LogP contribution in [-0.2, 0) is 6.54 Å². The third-order valence-electron chi connectivity index (χ3n) is 3.92. The summed E-state index contributed by atoms with van der Waals surface area (Å²) in [5.74, 6) is -0.0334. The van der Waals surface area contributed by atoms with Crippen molar-refractivity contribution in [1.29, 1.82) is 0 Å². The predicted molar refractivity (Wildman–Crippen MR) is 99.1 cm³/mol. The predicted octanol–water partition coefficient (Wildman–Crippen LogP) is 4.34. The van der Waals surface area contributed by atoms with Crippen LogP contribution in [0.5, 0.6) is 0 Å². The van der Waals surface area contributed by atoms with Crippen molar-refractivity contribution in [3.05, 3.63) is 59.9 Å². The minimum atomic E-state index is -0.0334. The number of aromatic nitrogens is 1. The van der Waals surface area contributed by atoms with E-state index in [2.05, 4.69) is 17.2 Å². The van der Waals surface area contributed by atoms with Crippen molar-refractivity contribution in [3.63, 3.8) is 0 Å². The monoisotopic (exact) mass is 325 g/mol. The summed E-state index contributed by atoms with van der Waals surface area (Å²) in [6.07, 6.45) is 4.02. The fourth-order valence-corrected chi connectivity index (χ4v) is 2.45. The highest BCUT2D eigenvalue weighted by Crippen LogP contribution is 2.14. The first-order valence-corrected chi connectivity index (χ1v) is 8.66.